The van der Waals surface area contributed by atoms with Crippen LogP contribution in [-0.4, -0.2) is 24.1 Å². The summed E-state index contributed by atoms with van der Waals surface area (Å²) in [5, 5.41) is 3.58. The number of carbonyl (C=O) groups is 1. The molecule has 0 saturated heterocycles. The van der Waals surface area contributed by atoms with Crippen molar-refractivity contribution in [2.75, 3.05) is 12.4 Å². The molecule has 0 spiro atoms. The zero-order valence-corrected chi connectivity index (χ0v) is 17.7. The first-order valence-electron chi connectivity index (χ1n) is 9.48. The Hall–Kier alpha value is -2.62. The number of methoxy groups -OCH3 is 1. The molecule has 0 unspecified atom stereocenters. The SMILES string of the molecule is COC(=O)N(Cc1cc(C(F)(F)F)cc(C(F)(F)F)c1)[C@H]1C[C@@H](C)Nc2ccc(Cl)cc21. The number of carbonyl (C=O) groups excluding carboxylic acids is 1. The molecule has 0 radical (unpaired) electrons. The lowest BCUT2D eigenvalue weighted by molar-refractivity contribution is -0.143. The molecule has 1 heterocycles. The van der Waals surface area contributed by atoms with Crippen LogP contribution in [-0.2, 0) is 23.6 Å². The van der Waals surface area contributed by atoms with E-state index in [4.69, 9.17) is 16.3 Å². The van der Waals surface area contributed by atoms with E-state index in [1.165, 1.54) is 0 Å². The molecule has 0 saturated carbocycles. The van der Waals surface area contributed by atoms with Gasteiger partial charge in [0.25, 0.3) is 0 Å². The third-order valence-corrected chi connectivity index (χ3v) is 5.37. The van der Waals surface area contributed by atoms with Crippen LogP contribution >= 0.6 is 11.6 Å². The molecule has 3 rings (SSSR count). The second-order valence-corrected chi connectivity index (χ2v) is 7.98. The summed E-state index contributed by atoms with van der Waals surface area (Å²) in [4.78, 5) is 13.7. The van der Waals surface area contributed by atoms with E-state index in [1.54, 1.807) is 18.2 Å². The van der Waals surface area contributed by atoms with Crippen molar-refractivity contribution in [3.8, 4) is 0 Å². The highest BCUT2D eigenvalue weighted by molar-refractivity contribution is 6.30. The predicted molar refractivity (Wildman–Crippen MR) is 106 cm³/mol. The van der Waals surface area contributed by atoms with Gasteiger partial charge in [-0.05, 0) is 60.9 Å². The zero-order chi connectivity index (χ0) is 23.8. The fourth-order valence-corrected chi connectivity index (χ4v) is 3.93. The molecule has 0 fully saturated rings. The quantitative estimate of drug-likeness (QED) is 0.486. The lowest BCUT2D eigenvalue weighted by Crippen LogP contribution is -2.39. The van der Waals surface area contributed by atoms with E-state index in [0.717, 1.165) is 12.0 Å². The Kier molecular flexibility index (Phi) is 6.55. The Balaban J connectivity index is 2.08. The number of nitrogens with one attached hydrogen (secondary N) is 1. The normalized spacial score (nSPS) is 18.5. The summed E-state index contributed by atoms with van der Waals surface area (Å²) in [5.41, 5.74) is -1.98. The first-order chi connectivity index (χ1) is 14.8. The van der Waals surface area contributed by atoms with Crippen molar-refractivity contribution in [3.63, 3.8) is 0 Å². The molecule has 11 heteroatoms. The van der Waals surface area contributed by atoms with E-state index in [1.807, 2.05) is 6.92 Å². The van der Waals surface area contributed by atoms with E-state index in [0.29, 0.717) is 34.8 Å². The van der Waals surface area contributed by atoms with Gasteiger partial charge in [-0.1, -0.05) is 11.6 Å². The number of ether oxygens (including phenoxy) is 1. The number of amides is 1. The highest BCUT2D eigenvalue weighted by Gasteiger charge is 2.38. The summed E-state index contributed by atoms with van der Waals surface area (Å²) < 4.78 is 84.3. The second-order valence-electron chi connectivity index (χ2n) is 7.54. The fraction of sp³-hybridized carbons (Fsp3) is 0.381. The Labute approximate surface area is 185 Å². The van der Waals surface area contributed by atoms with Gasteiger partial charge < -0.3 is 10.1 Å². The van der Waals surface area contributed by atoms with Crippen molar-refractivity contribution in [3.05, 3.63) is 63.7 Å². The van der Waals surface area contributed by atoms with Gasteiger partial charge in [0.2, 0.25) is 0 Å². The molecule has 2 aromatic rings. The van der Waals surface area contributed by atoms with Gasteiger partial charge in [0.15, 0.2) is 0 Å². The number of nitrogens with zero attached hydrogens (tertiary/aromatic N) is 1. The van der Waals surface area contributed by atoms with Gasteiger partial charge in [-0.3, -0.25) is 4.90 Å². The highest BCUT2D eigenvalue weighted by Crippen LogP contribution is 2.41. The zero-order valence-electron chi connectivity index (χ0n) is 16.9. The Bertz CT molecular complexity index is 977. The summed E-state index contributed by atoms with van der Waals surface area (Å²) in [6.07, 6.45) is -10.5. The minimum absolute atomic E-state index is 0.0493. The van der Waals surface area contributed by atoms with Gasteiger partial charge in [0.05, 0.1) is 24.3 Å². The topological polar surface area (TPSA) is 41.6 Å². The summed E-state index contributed by atoms with van der Waals surface area (Å²) in [7, 11) is 1.09. The Morgan fingerprint density at radius 3 is 2.22 bits per heavy atom. The number of anilines is 1. The molecular weight excluding hydrogens is 462 g/mol. The molecule has 1 aliphatic heterocycles. The van der Waals surface area contributed by atoms with Gasteiger partial charge in [-0.25, -0.2) is 4.79 Å². The van der Waals surface area contributed by atoms with Crippen LogP contribution in [0.1, 0.15) is 41.6 Å². The smallest absolute Gasteiger partial charge is 0.416 e. The van der Waals surface area contributed by atoms with Crippen LogP contribution in [0, 0.1) is 0 Å². The Morgan fingerprint density at radius 1 is 1.09 bits per heavy atom. The minimum Gasteiger partial charge on any atom is -0.453 e. The summed E-state index contributed by atoms with van der Waals surface area (Å²) in [6, 6.07) is 5.37. The summed E-state index contributed by atoms with van der Waals surface area (Å²) >= 11 is 6.09. The largest absolute Gasteiger partial charge is 0.453 e. The molecule has 4 nitrogen and oxygen atoms in total. The predicted octanol–water partition coefficient (Wildman–Crippen LogP) is 6.89. The molecule has 174 valence electrons. The minimum atomic E-state index is -4.99. The van der Waals surface area contributed by atoms with Crippen molar-refractivity contribution in [2.45, 2.75) is 44.3 Å². The molecule has 0 aliphatic carbocycles. The van der Waals surface area contributed by atoms with E-state index in [-0.39, 0.29) is 17.7 Å². The summed E-state index contributed by atoms with van der Waals surface area (Å²) in [5.74, 6) is 0. The molecule has 0 bridgehead atoms. The molecule has 2 aromatic carbocycles. The van der Waals surface area contributed by atoms with Gasteiger partial charge in [0.1, 0.15) is 0 Å². The maximum Gasteiger partial charge on any atom is 0.416 e. The molecular formula is C21H19ClF6N2O2. The maximum absolute atomic E-state index is 13.3. The average Bonchev–Trinajstić information content (AvgIpc) is 2.69. The van der Waals surface area contributed by atoms with Crippen LogP contribution < -0.4 is 5.32 Å². The van der Waals surface area contributed by atoms with Crippen LogP contribution in [0.2, 0.25) is 5.02 Å². The number of fused-ring (bicyclic) bond motifs is 1. The second kappa shape index (κ2) is 8.73. The number of rotatable bonds is 3. The van der Waals surface area contributed by atoms with Gasteiger partial charge in [-0.15, -0.1) is 0 Å². The van der Waals surface area contributed by atoms with E-state index < -0.39 is 42.2 Å². The first-order valence-corrected chi connectivity index (χ1v) is 9.86. The van der Waals surface area contributed by atoms with Gasteiger partial charge in [-0.2, -0.15) is 26.3 Å². The van der Waals surface area contributed by atoms with Crippen molar-refractivity contribution >= 4 is 23.4 Å². The lowest BCUT2D eigenvalue weighted by atomic mass is 9.92. The van der Waals surface area contributed by atoms with Crippen LogP contribution in [0.15, 0.2) is 36.4 Å². The van der Waals surface area contributed by atoms with Crippen molar-refractivity contribution in [1.82, 2.24) is 4.90 Å². The third kappa shape index (κ3) is 5.23. The van der Waals surface area contributed by atoms with Crippen LogP contribution in [0.3, 0.4) is 0 Å². The third-order valence-electron chi connectivity index (χ3n) is 5.14. The molecule has 2 atom stereocenters. The van der Waals surface area contributed by atoms with Crippen LogP contribution in [0.25, 0.3) is 0 Å². The lowest BCUT2D eigenvalue weighted by Gasteiger charge is -2.38. The highest BCUT2D eigenvalue weighted by atomic mass is 35.5. The molecule has 0 aromatic heterocycles. The first kappa shape index (κ1) is 24.0. The van der Waals surface area contributed by atoms with Crippen LogP contribution in [0.5, 0.6) is 0 Å². The monoisotopic (exact) mass is 480 g/mol. The number of halogens is 7. The van der Waals surface area contributed by atoms with Gasteiger partial charge >= 0.3 is 18.4 Å². The fourth-order valence-electron chi connectivity index (χ4n) is 3.75. The van der Waals surface area contributed by atoms with Crippen molar-refractivity contribution in [1.29, 1.82) is 0 Å². The molecule has 1 amide bonds. The number of hydrogen-bond acceptors (Lipinski definition) is 3. The van der Waals surface area contributed by atoms with E-state index in [9.17, 15) is 31.1 Å². The number of benzene rings is 2. The van der Waals surface area contributed by atoms with E-state index in [2.05, 4.69) is 5.32 Å². The summed E-state index contributed by atoms with van der Waals surface area (Å²) in [6.45, 7) is 1.31. The molecule has 1 N–H and O–H groups in total. The Morgan fingerprint density at radius 2 is 1.69 bits per heavy atom. The average molecular weight is 481 g/mol. The standard InChI is InChI=1S/C21H19ClF6N2O2/c1-11-5-18(16-9-15(22)3-4-17(16)29-11)30(19(31)32-2)10-12-6-13(20(23,24)25)8-14(7-12)21(26,27)28/h3-4,6-9,11,18,29H,5,10H2,1-2H3/t11-,18+/m1/s1. The van der Waals surface area contributed by atoms with E-state index >= 15 is 0 Å². The van der Waals surface area contributed by atoms with Crippen molar-refractivity contribution in [2.24, 2.45) is 0 Å². The molecule has 1 aliphatic rings. The van der Waals surface area contributed by atoms with Gasteiger partial charge in [0, 0.05) is 23.3 Å². The molecule has 32 heavy (non-hydrogen) atoms. The number of alkyl halides is 6. The maximum atomic E-state index is 13.3. The van der Waals surface area contributed by atoms with Crippen molar-refractivity contribution < 1.29 is 35.9 Å². The number of hydrogen-bond donors (Lipinski definition) is 1. The van der Waals surface area contributed by atoms with Crippen LogP contribution in [0.4, 0.5) is 36.8 Å².